The van der Waals surface area contributed by atoms with Crippen molar-refractivity contribution in [3.05, 3.63) is 108 Å². The van der Waals surface area contributed by atoms with E-state index in [1.807, 2.05) is 91.0 Å². The van der Waals surface area contributed by atoms with Crippen LogP contribution in [0.25, 0.3) is 0 Å². The molecule has 0 saturated carbocycles. The van der Waals surface area contributed by atoms with E-state index in [1.165, 1.54) is 0 Å². The van der Waals surface area contributed by atoms with E-state index in [-0.39, 0.29) is 25.7 Å². The third kappa shape index (κ3) is 7.01. The van der Waals surface area contributed by atoms with E-state index in [2.05, 4.69) is 4.99 Å². The van der Waals surface area contributed by atoms with Gasteiger partial charge in [0.25, 0.3) is 0 Å². The van der Waals surface area contributed by atoms with E-state index in [1.54, 1.807) is 0 Å². The van der Waals surface area contributed by atoms with Crippen LogP contribution in [0.15, 0.2) is 96.0 Å². The number of amides is 2. The maximum atomic E-state index is 12.7. The summed E-state index contributed by atoms with van der Waals surface area (Å²) in [6.07, 6.45) is -1.61. The van der Waals surface area contributed by atoms with Crippen LogP contribution in [0.2, 0.25) is 0 Å². The minimum absolute atomic E-state index is 0.0492. The van der Waals surface area contributed by atoms with Crippen molar-refractivity contribution in [3.63, 3.8) is 0 Å². The van der Waals surface area contributed by atoms with Crippen molar-refractivity contribution >= 4 is 18.1 Å². The lowest BCUT2D eigenvalue weighted by Crippen LogP contribution is -2.42. The molecular weight excluding hydrogens is 394 g/mol. The highest BCUT2D eigenvalue weighted by molar-refractivity contribution is 5.97. The summed E-state index contributed by atoms with van der Waals surface area (Å²) in [5.74, 6) is -0.306. The molecule has 0 unspecified atom stereocenters. The van der Waals surface area contributed by atoms with Gasteiger partial charge in [-0.1, -0.05) is 91.0 Å². The molecule has 7 heteroatoms. The van der Waals surface area contributed by atoms with Gasteiger partial charge in [-0.05, 0) is 16.7 Å². The van der Waals surface area contributed by atoms with Crippen LogP contribution >= 0.6 is 0 Å². The molecule has 0 atom stereocenters. The Bertz CT molecular complexity index is 1010. The number of nitrogens with two attached hydrogens (primary N) is 1. The molecule has 0 bridgehead atoms. The van der Waals surface area contributed by atoms with Crippen molar-refractivity contribution in [2.45, 2.75) is 19.8 Å². The molecule has 0 heterocycles. The van der Waals surface area contributed by atoms with Crippen LogP contribution in [0.5, 0.6) is 0 Å². The average Bonchev–Trinajstić information content (AvgIpc) is 2.81. The molecule has 158 valence electrons. The lowest BCUT2D eigenvalue weighted by atomic mass is 10.2. The van der Waals surface area contributed by atoms with Gasteiger partial charge < -0.3 is 15.2 Å². The maximum absolute atomic E-state index is 12.7. The van der Waals surface area contributed by atoms with Gasteiger partial charge in [0.15, 0.2) is 0 Å². The molecule has 31 heavy (non-hydrogen) atoms. The smallest absolute Gasteiger partial charge is 0.437 e. The predicted octanol–water partition coefficient (Wildman–Crippen LogP) is 4.48. The maximum Gasteiger partial charge on any atom is 0.437 e. The zero-order chi connectivity index (χ0) is 21.9. The first-order valence-corrected chi connectivity index (χ1v) is 9.69. The molecule has 7 nitrogen and oxygen atoms in total. The number of carbonyl (C=O) groups excluding carboxylic acids is 2. The predicted molar refractivity (Wildman–Crippen MR) is 117 cm³/mol. The second kappa shape index (κ2) is 11.2. The molecule has 0 aliphatic heterocycles. The molecule has 0 radical (unpaired) electrons. The van der Waals surface area contributed by atoms with Crippen LogP contribution in [0, 0.1) is 0 Å². The van der Waals surface area contributed by atoms with Gasteiger partial charge in [-0.15, -0.1) is 4.99 Å². The van der Waals surface area contributed by atoms with Gasteiger partial charge in [0.2, 0.25) is 5.96 Å². The number of carbonyl (C=O) groups is 2. The summed E-state index contributed by atoms with van der Waals surface area (Å²) in [7, 11) is 0. The number of hydrogen-bond donors (Lipinski definition) is 1. The molecule has 2 N–H and O–H groups in total. The van der Waals surface area contributed by atoms with Gasteiger partial charge in [-0.3, -0.25) is 0 Å². The van der Waals surface area contributed by atoms with E-state index < -0.39 is 12.2 Å². The summed E-state index contributed by atoms with van der Waals surface area (Å²) in [5, 5.41) is 0. The molecule has 0 aliphatic rings. The van der Waals surface area contributed by atoms with Gasteiger partial charge in [-0.2, -0.15) is 0 Å². The van der Waals surface area contributed by atoms with Crippen molar-refractivity contribution in [2.75, 3.05) is 0 Å². The molecule has 3 rings (SSSR count). The van der Waals surface area contributed by atoms with Gasteiger partial charge in [0, 0.05) is 0 Å². The highest BCUT2D eigenvalue weighted by Crippen LogP contribution is 2.09. The second-order valence-corrected chi connectivity index (χ2v) is 6.62. The van der Waals surface area contributed by atoms with Crippen LogP contribution in [-0.4, -0.2) is 23.0 Å². The molecule has 0 aliphatic carbocycles. The van der Waals surface area contributed by atoms with E-state index in [9.17, 15) is 9.59 Å². The number of guanidine groups is 1. The molecular formula is C24H23N3O4. The summed E-state index contributed by atoms with van der Waals surface area (Å²) in [4.78, 5) is 29.7. The highest BCUT2D eigenvalue weighted by atomic mass is 16.6. The van der Waals surface area contributed by atoms with Crippen LogP contribution < -0.4 is 5.73 Å². The van der Waals surface area contributed by atoms with Crippen molar-refractivity contribution in [2.24, 2.45) is 10.7 Å². The first kappa shape index (κ1) is 21.6. The van der Waals surface area contributed by atoms with E-state index >= 15 is 0 Å². The van der Waals surface area contributed by atoms with Crippen LogP contribution in [0.1, 0.15) is 16.7 Å². The summed E-state index contributed by atoms with van der Waals surface area (Å²) < 4.78 is 10.5. The first-order chi connectivity index (χ1) is 15.1. The van der Waals surface area contributed by atoms with Crippen molar-refractivity contribution in [1.82, 2.24) is 4.90 Å². The number of nitrogens with zero attached hydrogens (tertiary/aromatic N) is 2. The molecule has 3 aromatic rings. The van der Waals surface area contributed by atoms with E-state index in [0.717, 1.165) is 21.6 Å². The van der Waals surface area contributed by atoms with E-state index in [0.29, 0.717) is 0 Å². The van der Waals surface area contributed by atoms with Gasteiger partial charge in [0.05, 0.1) is 6.54 Å². The Hall–Kier alpha value is -4.13. The van der Waals surface area contributed by atoms with Gasteiger partial charge >= 0.3 is 12.2 Å². The lowest BCUT2D eigenvalue weighted by molar-refractivity contribution is 0.114. The minimum Gasteiger partial charge on any atom is -0.444 e. The lowest BCUT2D eigenvalue weighted by Gasteiger charge is -2.21. The number of ether oxygens (including phenoxy) is 2. The molecule has 3 aromatic carbocycles. The third-order valence-corrected chi connectivity index (χ3v) is 4.30. The standard InChI is InChI=1S/C24H23N3O4/c25-22(26-23(28)30-17-20-12-6-2-7-13-20)27(16-19-10-4-1-5-11-19)24(29)31-18-21-14-8-3-9-15-21/h1-15H,16-18H2,(H2,25,26,28). The summed E-state index contributed by atoms with van der Waals surface area (Å²) in [6.45, 7) is 0.208. The van der Waals surface area contributed by atoms with Crippen LogP contribution in [0.4, 0.5) is 9.59 Å². The fourth-order valence-electron chi connectivity index (χ4n) is 2.71. The minimum atomic E-state index is -0.893. The summed E-state index contributed by atoms with van der Waals surface area (Å²) in [5.41, 5.74) is 8.42. The normalized spacial score (nSPS) is 10.9. The van der Waals surface area contributed by atoms with Gasteiger partial charge in [0.1, 0.15) is 13.2 Å². The molecule has 0 saturated heterocycles. The van der Waals surface area contributed by atoms with Crippen LogP contribution in [0.3, 0.4) is 0 Å². The topological polar surface area (TPSA) is 94.2 Å². The number of hydrogen-bond acceptors (Lipinski definition) is 4. The molecule has 0 aromatic heterocycles. The zero-order valence-electron chi connectivity index (χ0n) is 16.9. The fourth-order valence-corrected chi connectivity index (χ4v) is 2.71. The molecule has 2 amide bonds. The number of aliphatic imine (C=N–C) groups is 1. The van der Waals surface area contributed by atoms with Crippen molar-refractivity contribution < 1.29 is 19.1 Å². The first-order valence-electron chi connectivity index (χ1n) is 9.69. The van der Waals surface area contributed by atoms with Crippen molar-refractivity contribution in [1.29, 1.82) is 0 Å². The Kier molecular flexibility index (Phi) is 7.77. The summed E-state index contributed by atoms with van der Waals surface area (Å²) in [6, 6.07) is 27.6. The Morgan fingerprint density at radius 2 is 1.16 bits per heavy atom. The Labute approximate surface area is 180 Å². The third-order valence-electron chi connectivity index (χ3n) is 4.30. The van der Waals surface area contributed by atoms with E-state index in [4.69, 9.17) is 15.2 Å². The quantitative estimate of drug-likeness (QED) is 0.471. The van der Waals surface area contributed by atoms with Gasteiger partial charge in [-0.25, -0.2) is 14.5 Å². The largest absolute Gasteiger partial charge is 0.444 e. The highest BCUT2D eigenvalue weighted by Gasteiger charge is 2.21. The average molecular weight is 417 g/mol. The molecule has 0 fully saturated rings. The second-order valence-electron chi connectivity index (χ2n) is 6.62. The SMILES string of the molecule is N/C(=N\C(=O)OCc1ccccc1)N(Cc1ccccc1)C(=O)OCc1ccccc1. The Morgan fingerprint density at radius 3 is 1.68 bits per heavy atom. The molecule has 0 spiro atoms. The Morgan fingerprint density at radius 1 is 0.710 bits per heavy atom. The van der Waals surface area contributed by atoms with Crippen LogP contribution in [-0.2, 0) is 29.2 Å². The summed E-state index contributed by atoms with van der Waals surface area (Å²) >= 11 is 0. The zero-order valence-corrected chi connectivity index (χ0v) is 16.9. The Balaban J connectivity index is 1.68. The monoisotopic (exact) mass is 417 g/mol. The number of rotatable bonds is 6. The fraction of sp³-hybridized carbons (Fsp3) is 0.125. The number of benzene rings is 3. The van der Waals surface area contributed by atoms with Crippen molar-refractivity contribution in [3.8, 4) is 0 Å².